The predicted molar refractivity (Wildman–Crippen MR) is 93.7 cm³/mol. The van der Waals surface area contributed by atoms with E-state index in [2.05, 4.69) is 15.7 Å². The summed E-state index contributed by atoms with van der Waals surface area (Å²) in [6, 6.07) is 10.2. The number of carbonyl (C=O) groups is 1. The van der Waals surface area contributed by atoms with Gasteiger partial charge in [0.15, 0.2) is 0 Å². The van der Waals surface area contributed by atoms with Gasteiger partial charge < -0.3 is 10.3 Å². The first kappa shape index (κ1) is 16.1. The van der Waals surface area contributed by atoms with E-state index in [1.54, 1.807) is 24.3 Å². The van der Waals surface area contributed by atoms with Gasteiger partial charge in [-0.15, -0.1) is 0 Å². The van der Waals surface area contributed by atoms with E-state index < -0.39 is 17.3 Å². The Hall–Kier alpha value is -2.77. The van der Waals surface area contributed by atoms with Gasteiger partial charge in [0.05, 0.1) is 20.9 Å². The Bertz CT molecular complexity index is 1060. The lowest BCUT2D eigenvalue weighted by atomic mass is 10.2. The van der Waals surface area contributed by atoms with Gasteiger partial charge in [-0.3, -0.25) is 4.79 Å². The second kappa shape index (κ2) is 6.38. The monoisotopic (exact) mass is 364 g/mol. The van der Waals surface area contributed by atoms with Crippen molar-refractivity contribution in [3.63, 3.8) is 0 Å². The van der Waals surface area contributed by atoms with Crippen molar-refractivity contribution in [2.75, 3.05) is 10.7 Å². The minimum atomic E-state index is -0.781. The van der Waals surface area contributed by atoms with Crippen LogP contribution in [0.15, 0.2) is 52.1 Å². The summed E-state index contributed by atoms with van der Waals surface area (Å²) in [7, 11) is 0. The molecule has 0 aliphatic rings. The Morgan fingerprint density at radius 1 is 1.04 bits per heavy atom. The number of amides is 2. The molecule has 0 aliphatic carbocycles. The molecule has 0 atom stereocenters. The molecule has 0 spiro atoms. The first-order chi connectivity index (χ1) is 11.5. The van der Waals surface area contributed by atoms with Crippen LogP contribution in [0.3, 0.4) is 0 Å². The van der Waals surface area contributed by atoms with E-state index in [1.807, 2.05) is 0 Å². The lowest BCUT2D eigenvalue weighted by molar-refractivity contribution is 0.259. The minimum Gasteiger partial charge on any atom is -0.307 e. The molecule has 3 N–H and O–H groups in total. The fraction of sp³-hybridized carbons (Fsp3) is 0. The second-order valence-corrected chi connectivity index (χ2v) is 5.63. The topological polar surface area (TPSA) is 96.0 Å². The number of aromatic nitrogens is 2. The van der Waals surface area contributed by atoms with Gasteiger partial charge in [-0.05, 0) is 30.3 Å². The molecular formula is C15H10Cl2N4O3. The first-order valence-corrected chi connectivity index (χ1v) is 7.48. The summed E-state index contributed by atoms with van der Waals surface area (Å²) in [6.45, 7) is 0. The third-order valence-corrected chi connectivity index (χ3v) is 3.94. The Kier molecular flexibility index (Phi) is 4.28. The Morgan fingerprint density at radius 2 is 1.79 bits per heavy atom. The standard InChI is InChI=1S/C15H10Cl2N4O3/c16-10-6-5-8(7-11(10)17)18-14(23)20-21-13(22)9-3-1-2-4-12(9)19-15(21)24/h1-7H,(H,19,24)(H2,18,20,23). The molecule has 0 radical (unpaired) electrons. The fourth-order valence-corrected chi connectivity index (χ4v) is 2.40. The predicted octanol–water partition coefficient (Wildman–Crippen LogP) is 2.77. The number of halogens is 2. The van der Waals surface area contributed by atoms with Gasteiger partial charge in [0.2, 0.25) is 0 Å². The number of fused-ring (bicyclic) bond motifs is 1. The molecule has 7 nitrogen and oxygen atoms in total. The molecule has 0 saturated carbocycles. The maximum atomic E-state index is 12.3. The van der Waals surface area contributed by atoms with Crippen molar-refractivity contribution in [1.82, 2.24) is 9.66 Å². The van der Waals surface area contributed by atoms with Gasteiger partial charge in [-0.25, -0.2) is 15.0 Å². The molecule has 0 unspecified atom stereocenters. The summed E-state index contributed by atoms with van der Waals surface area (Å²) in [5, 5.41) is 3.32. The van der Waals surface area contributed by atoms with E-state index in [4.69, 9.17) is 23.2 Å². The van der Waals surface area contributed by atoms with Crippen LogP contribution in [0.2, 0.25) is 10.0 Å². The molecule has 122 valence electrons. The van der Waals surface area contributed by atoms with Crippen molar-refractivity contribution < 1.29 is 4.79 Å². The van der Waals surface area contributed by atoms with Gasteiger partial charge in [0.25, 0.3) is 5.56 Å². The second-order valence-electron chi connectivity index (χ2n) is 4.81. The first-order valence-electron chi connectivity index (χ1n) is 6.73. The lowest BCUT2D eigenvalue weighted by Gasteiger charge is -2.10. The van der Waals surface area contributed by atoms with Crippen LogP contribution >= 0.6 is 23.2 Å². The molecule has 1 aromatic heterocycles. The fourth-order valence-electron chi connectivity index (χ4n) is 2.10. The molecule has 3 aromatic rings. The molecule has 9 heteroatoms. The zero-order valence-electron chi connectivity index (χ0n) is 12.0. The van der Waals surface area contributed by atoms with Crippen molar-refractivity contribution in [3.8, 4) is 0 Å². The van der Waals surface area contributed by atoms with Crippen LogP contribution in [0.25, 0.3) is 10.9 Å². The molecule has 0 saturated heterocycles. The number of hydrogen-bond donors (Lipinski definition) is 3. The van der Waals surface area contributed by atoms with E-state index >= 15 is 0 Å². The normalized spacial score (nSPS) is 10.6. The number of benzene rings is 2. The van der Waals surface area contributed by atoms with E-state index in [0.29, 0.717) is 20.9 Å². The molecular weight excluding hydrogens is 355 g/mol. The van der Waals surface area contributed by atoms with Crippen LogP contribution in [0, 0.1) is 0 Å². The Balaban J connectivity index is 1.89. The quantitative estimate of drug-likeness (QED) is 0.652. The maximum absolute atomic E-state index is 12.3. The maximum Gasteiger partial charge on any atom is 0.348 e. The Labute approximate surface area is 144 Å². The van der Waals surface area contributed by atoms with Crippen LogP contribution < -0.4 is 22.0 Å². The van der Waals surface area contributed by atoms with Crippen LogP contribution in [-0.2, 0) is 0 Å². The zero-order chi connectivity index (χ0) is 17.3. The van der Waals surface area contributed by atoms with Gasteiger partial charge in [0, 0.05) is 5.69 Å². The smallest absolute Gasteiger partial charge is 0.307 e. The molecule has 0 aliphatic heterocycles. The van der Waals surface area contributed by atoms with E-state index in [0.717, 1.165) is 0 Å². The number of carbonyl (C=O) groups excluding carboxylic acids is 1. The average molecular weight is 365 g/mol. The number of nitrogens with one attached hydrogen (secondary N) is 3. The lowest BCUT2D eigenvalue weighted by Crippen LogP contribution is -2.44. The molecule has 2 aromatic carbocycles. The highest BCUT2D eigenvalue weighted by Gasteiger charge is 2.10. The minimum absolute atomic E-state index is 0.259. The van der Waals surface area contributed by atoms with Gasteiger partial charge >= 0.3 is 11.7 Å². The van der Waals surface area contributed by atoms with Gasteiger partial charge in [-0.1, -0.05) is 35.3 Å². The number of hydrogen-bond acceptors (Lipinski definition) is 3. The Morgan fingerprint density at radius 3 is 2.54 bits per heavy atom. The molecule has 0 bridgehead atoms. The summed E-state index contributed by atoms with van der Waals surface area (Å²) < 4.78 is 0.592. The summed E-state index contributed by atoms with van der Waals surface area (Å²) >= 11 is 11.7. The van der Waals surface area contributed by atoms with Crippen molar-refractivity contribution in [2.45, 2.75) is 0 Å². The van der Waals surface area contributed by atoms with E-state index in [9.17, 15) is 14.4 Å². The molecule has 1 heterocycles. The molecule has 2 amide bonds. The highest BCUT2D eigenvalue weighted by Crippen LogP contribution is 2.24. The summed E-state index contributed by atoms with van der Waals surface area (Å²) in [5.74, 6) is 0. The van der Waals surface area contributed by atoms with Crippen LogP contribution in [0.4, 0.5) is 10.5 Å². The average Bonchev–Trinajstić information content (AvgIpc) is 2.55. The van der Waals surface area contributed by atoms with E-state index in [-0.39, 0.29) is 10.4 Å². The number of aromatic amines is 1. The summed E-state index contributed by atoms with van der Waals surface area (Å²) in [4.78, 5) is 38.8. The number of H-pyrrole nitrogens is 1. The van der Waals surface area contributed by atoms with Crippen molar-refractivity contribution in [1.29, 1.82) is 0 Å². The highest BCUT2D eigenvalue weighted by atomic mass is 35.5. The van der Waals surface area contributed by atoms with E-state index in [1.165, 1.54) is 18.2 Å². The van der Waals surface area contributed by atoms with Gasteiger partial charge in [0.1, 0.15) is 0 Å². The SMILES string of the molecule is O=C(Nc1ccc(Cl)c(Cl)c1)Nn1c(=O)[nH]c2ccccc2c1=O. The number of para-hydroxylation sites is 1. The van der Waals surface area contributed by atoms with Crippen molar-refractivity contribution in [2.24, 2.45) is 0 Å². The summed E-state index contributed by atoms with van der Waals surface area (Å²) in [6.07, 6.45) is 0. The summed E-state index contributed by atoms with van der Waals surface area (Å²) in [5.41, 5.74) is 1.52. The molecule has 3 rings (SSSR count). The number of rotatable bonds is 2. The highest BCUT2D eigenvalue weighted by molar-refractivity contribution is 6.42. The molecule has 0 fully saturated rings. The number of urea groups is 1. The van der Waals surface area contributed by atoms with Gasteiger partial charge in [-0.2, -0.15) is 4.68 Å². The van der Waals surface area contributed by atoms with Crippen molar-refractivity contribution >= 4 is 45.8 Å². The van der Waals surface area contributed by atoms with Crippen molar-refractivity contribution in [3.05, 3.63) is 73.3 Å². The number of anilines is 1. The van der Waals surface area contributed by atoms with Crippen LogP contribution in [0.1, 0.15) is 0 Å². The van der Waals surface area contributed by atoms with Crippen LogP contribution in [0.5, 0.6) is 0 Å². The third-order valence-electron chi connectivity index (χ3n) is 3.20. The third kappa shape index (κ3) is 3.12. The number of nitrogens with zero attached hydrogens (tertiary/aromatic N) is 1. The zero-order valence-corrected chi connectivity index (χ0v) is 13.5. The van der Waals surface area contributed by atoms with Crippen LogP contribution in [-0.4, -0.2) is 15.7 Å². The molecule has 24 heavy (non-hydrogen) atoms. The largest absolute Gasteiger partial charge is 0.348 e.